The van der Waals surface area contributed by atoms with Crippen molar-refractivity contribution in [2.24, 2.45) is 0 Å². The molecule has 0 saturated carbocycles. The van der Waals surface area contributed by atoms with Gasteiger partial charge in [-0.3, -0.25) is 5.10 Å². The summed E-state index contributed by atoms with van der Waals surface area (Å²) >= 11 is 0. The zero-order valence-electron chi connectivity index (χ0n) is 9.84. The highest BCUT2D eigenvalue weighted by molar-refractivity contribution is 5.86. The van der Waals surface area contributed by atoms with Gasteiger partial charge in [0.05, 0.1) is 11.3 Å². The van der Waals surface area contributed by atoms with Crippen LogP contribution < -0.4 is 5.73 Å². The summed E-state index contributed by atoms with van der Waals surface area (Å²) in [5.74, 6) is 0.314. The lowest BCUT2D eigenvalue weighted by molar-refractivity contribution is 0.439. The van der Waals surface area contributed by atoms with Crippen LogP contribution in [0, 0.1) is 6.92 Å². The van der Waals surface area contributed by atoms with E-state index in [4.69, 9.17) is 10.3 Å². The monoisotopic (exact) mass is 240 g/mol. The fourth-order valence-corrected chi connectivity index (χ4v) is 1.99. The van der Waals surface area contributed by atoms with Gasteiger partial charge in [0.2, 0.25) is 5.88 Å². The van der Waals surface area contributed by atoms with E-state index >= 15 is 0 Å². The molecule has 18 heavy (non-hydrogen) atoms. The molecular formula is C13H12N4O. The Kier molecular flexibility index (Phi) is 2.37. The largest absolute Gasteiger partial charge is 0.367 e. The van der Waals surface area contributed by atoms with E-state index in [0.29, 0.717) is 11.6 Å². The van der Waals surface area contributed by atoms with Gasteiger partial charge in [0.25, 0.3) is 0 Å². The number of anilines is 1. The molecule has 0 aliphatic carbocycles. The van der Waals surface area contributed by atoms with Gasteiger partial charge in [0, 0.05) is 6.20 Å². The minimum Gasteiger partial charge on any atom is -0.367 e. The number of rotatable bonds is 2. The molecule has 0 atom stereocenters. The van der Waals surface area contributed by atoms with Gasteiger partial charge in [-0.05, 0) is 24.1 Å². The maximum Gasteiger partial charge on any atom is 0.230 e. The van der Waals surface area contributed by atoms with Gasteiger partial charge >= 0.3 is 0 Å². The molecule has 2 heterocycles. The SMILES string of the molecule is Cc1ccccc1-c1c(-c2ccn[nH]2)noc1N. The Morgan fingerprint density at radius 1 is 1.22 bits per heavy atom. The third-order valence-corrected chi connectivity index (χ3v) is 2.89. The molecule has 0 unspecified atom stereocenters. The minimum atomic E-state index is 0.314. The van der Waals surface area contributed by atoms with Crippen molar-refractivity contribution in [2.45, 2.75) is 6.92 Å². The first kappa shape index (κ1) is 10.6. The summed E-state index contributed by atoms with van der Waals surface area (Å²) in [6.07, 6.45) is 1.67. The number of hydrogen-bond acceptors (Lipinski definition) is 4. The molecule has 5 nitrogen and oxygen atoms in total. The Balaban J connectivity index is 2.24. The molecule has 0 aliphatic rings. The first-order chi connectivity index (χ1) is 8.77. The van der Waals surface area contributed by atoms with E-state index in [1.165, 1.54) is 0 Å². The van der Waals surface area contributed by atoms with Crippen molar-refractivity contribution in [3.8, 4) is 22.5 Å². The van der Waals surface area contributed by atoms with Crippen LogP contribution in [0.4, 0.5) is 5.88 Å². The van der Waals surface area contributed by atoms with Gasteiger partial charge in [0.15, 0.2) is 0 Å². The third-order valence-electron chi connectivity index (χ3n) is 2.89. The highest BCUT2D eigenvalue weighted by Crippen LogP contribution is 2.36. The number of nitrogens with zero attached hydrogens (tertiary/aromatic N) is 2. The molecule has 2 aromatic heterocycles. The van der Waals surface area contributed by atoms with Crippen LogP contribution in [0.25, 0.3) is 22.5 Å². The van der Waals surface area contributed by atoms with E-state index in [-0.39, 0.29) is 0 Å². The van der Waals surface area contributed by atoms with E-state index in [1.54, 1.807) is 6.20 Å². The second-order valence-corrected chi connectivity index (χ2v) is 4.06. The summed E-state index contributed by atoms with van der Waals surface area (Å²) in [7, 11) is 0. The molecule has 0 bridgehead atoms. The van der Waals surface area contributed by atoms with Crippen molar-refractivity contribution in [2.75, 3.05) is 5.73 Å². The Labute approximate surface area is 104 Å². The van der Waals surface area contributed by atoms with Crippen molar-refractivity contribution >= 4 is 5.88 Å². The quantitative estimate of drug-likeness (QED) is 0.721. The Bertz CT molecular complexity index is 670. The van der Waals surface area contributed by atoms with Crippen LogP contribution in [0.2, 0.25) is 0 Å². The van der Waals surface area contributed by atoms with E-state index in [2.05, 4.69) is 15.4 Å². The molecule has 0 radical (unpaired) electrons. The zero-order valence-corrected chi connectivity index (χ0v) is 9.84. The summed E-state index contributed by atoms with van der Waals surface area (Å²) in [5.41, 5.74) is 10.3. The lowest BCUT2D eigenvalue weighted by Crippen LogP contribution is -1.90. The van der Waals surface area contributed by atoms with E-state index in [1.807, 2.05) is 37.3 Å². The minimum absolute atomic E-state index is 0.314. The van der Waals surface area contributed by atoms with E-state index in [0.717, 1.165) is 22.4 Å². The van der Waals surface area contributed by atoms with Gasteiger partial charge in [0.1, 0.15) is 5.69 Å². The molecular weight excluding hydrogens is 228 g/mol. The lowest BCUT2D eigenvalue weighted by Gasteiger charge is -2.04. The highest BCUT2D eigenvalue weighted by Gasteiger charge is 2.19. The maximum absolute atomic E-state index is 5.88. The molecule has 0 fully saturated rings. The fourth-order valence-electron chi connectivity index (χ4n) is 1.99. The number of benzene rings is 1. The first-order valence-corrected chi connectivity index (χ1v) is 5.58. The van der Waals surface area contributed by atoms with Crippen LogP contribution in [0.3, 0.4) is 0 Å². The average molecular weight is 240 g/mol. The molecule has 5 heteroatoms. The van der Waals surface area contributed by atoms with E-state index < -0.39 is 0 Å². The maximum atomic E-state index is 5.88. The summed E-state index contributed by atoms with van der Waals surface area (Å²) in [6.45, 7) is 2.03. The average Bonchev–Trinajstić information content (AvgIpc) is 2.99. The van der Waals surface area contributed by atoms with E-state index in [9.17, 15) is 0 Å². The number of H-pyrrole nitrogens is 1. The molecule has 3 N–H and O–H groups in total. The normalized spacial score (nSPS) is 10.7. The van der Waals surface area contributed by atoms with Crippen LogP contribution in [0.1, 0.15) is 5.56 Å². The van der Waals surface area contributed by atoms with Gasteiger partial charge in [-0.2, -0.15) is 5.10 Å². The summed E-state index contributed by atoms with van der Waals surface area (Å²) in [4.78, 5) is 0. The third kappa shape index (κ3) is 1.57. The number of aromatic nitrogens is 3. The molecule has 0 aliphatic heterocycles. The Morgan fingerprint density at radius 3 is 2.78 bits per heavy atom. The number of nitrogens with two attached hydrogens (primary N) is 1. The van der Waals surface area contributed by atoms with Crippen LogP contribution in [-0.4, -0.2) is 15.4 Å². The smallest absolute Gasteiger partial charge is 0.230 e. The van der Waals surface area contributed by atoms with Gasteiger partial charge in [-0.1, -0.05) is 29.4 Å². The second-order valence-electron chi connectivity index (χ2n) is 4.06. The number of hydrogen-bond donors (Lipinski definition) is 2. The van der Waals surface area contributed by atoms with Crippen molar-refractivity contribution in [1.29, 1.82) is 0 Å². The van der Waals surface area contributed by atoms with Crippen LogP contribution >= 0.6 is 0 Å². The van der Waals surface area contributed by atoms with Crippen molar-refractivity contribution < 1.29 is 4.52 Å². The van der Waals surface area contributed by atoms with Crippen LogP contribution in [-0.2, 0) is 0 Å². The molecule has 90 valence electrons. The van der Waals surface area contributed by atoms with Gasteiger partial charge < -0.3 is 10.3 Å². The summed E-state index contributed by atoms with van der Waals surface area (Å²) in [5, 5.41) is 10.8. The van der Waals surface area contributed by atoms with Gasteiger partial charge in [-0.15, -0.1) is 0 Å². The van der Waals surface area contributed by atoms with Crippen LogP contribution in [0.15, 0.2) is 41.1 Å². The first-order valence-electron chi connectivity index (χ1n) is 5.58. The molecule has 0 amide bonds. The van der Waals surface area contributed by atoms with Crippen LogP contribution in [0.5, 0.6) is 0 Å². The van der Waals surface area contributed by atoms with Crippen molar-refractivity contribution in [3.63, 3.8) is 0 Å². The number of aryl methyl sites for hydroxylation is 1. The number of aromatic amines is 1. The fraction of sp³-hybridized carbons (Fsp3) is 0.0769. The molecule has 3 aromatic rings. The molecule has 3 rings (SSSR count). The highest BCUT2D eigenvalue weighted by atomic mass is 16.5. The lowest BCUT2D eigenvalue weighted by atomic mass is 9.99. The standard InChI is InChI=1S/C13H12N4O/c1-8-4-2-3-5-9(8)11-12(17-18-13(11)14)10-6-7-15-16-10/h2-7H,14H2,1H3,(H,15,16). The van der Waals surface area contributed by atoms with Gasteiger partial charge in [-0.25, -0.2) is 0 Å². The summed E-state index contributed by atoms with van der Waals surface area (Å²) in [6, 6.07) is 9.81. The topological polar surface area (TPSA) is 80.7 Å². The number of nitrogen functional groups attached to an aromatic ring is 1. The molecule has 0 spiro atoms. The second kappa shape index (κ2) is 4.03. The van der Waals surface area contributed by atoms with Crippen molar-refractivity contribution in [1.82, 2.24) is 15.4 Å². The predicted molar refractivity (Wildman–Crippen MR) is 68.7 cm³/mol. The zero-order chi connectivity index (χ0) is 12.5. The predicted octanol–water partition coefficient (Wildman–Crippen LogP) is 2.62. The number of nitrogens with one attached hydrogen (secondary N) is 1. The molecule has 1 aromatic carbocycles. The molecule has 0 saturated heterocycles. The van der Waals surface area contributed by atoms with Crippen molar-refractivity contribution in [3.05, 3.63) is 42.1 Å². The summed E-state index contributed by atoms with van der Waals surface area (Å²) < 4.78 is 5.11. The Morgan fingerprint density at radius 2 is 2.06 bits per heavy atom. The Hall–Kier alpha value is -2.56.